The fourth-order valence-electron chi connectivity index (χ4n) is 0.944. The Morgan fingerprint density at radius 3 is 2.71 bits per heavy atom. The van der Waals surface area contributed by atoms with Crippen LogP contribution in [0.25, 0.3) is 0 Å². The number of halogens is 1. The molecule has 0 saturated heterocycles. The Labute approximate surface area is 80.5 Å². The summed E-state index contributed by atoms with van der Waals surface area (Å²) < 4.78 is 17.2. The van der Waals surface area contributed by atoms with Gasteiger partial charge in [-0.25, -0.2) is 9.18 Å². The molecule has 0 fully saturated rings. The van der Waals surface area contributed by atoms with E-state index in [-0.39, 0.29) is 12.2 Å². The first kappa shape index (κ1) is 10.4. The topological polar surface area (TPSA) is 43.4 Å². The van der Waals surface area contributed by atoms with Crippen LogP contribution < -0.4 is 0 Å². The highest BCUT2D eigenvalue weighted by atomic mass is 19.1. The van der Waals surface area contributed by atoms with Gasteiger partial charge in [0.2, 0.25) is 0 Å². The Hall–Kier alpha value is -1.71. The molecule has 1 aromatic carbocycles. The zero-order valence-corrected chi connectivity index (χ0v) is 7.62. The molecule has 0 saturated carbocycles. The van der Waals surface area contributed by atoms with Gasteiger partial charge in [0.15, 0.2) is 0 Å². The Morgan fingerprint density at radius 1 is 1.43 bits per heavy atom. The van der Waals surface area contributed by atoms with Crippen LogP contribution in [0.3, 0.4) is 0 Å². The van der Waals surface area contributed by atoms with E-state index in [0.29, 0.717) is 0 Å². The molecule has 0 aliphatic rings. The minimum absolute atomic E-state index is 0.00319. The first-order chi connectivity index (χ1) is 6.65. The van der Waals surface area contributed by atoms with E-state index in [2.05, 4.69) is 4.74 Å². The molecule has 1 aromatic rings. The molecule has 0 aliphatic carbocycles. The highest BCUT2D eigenvalue weighted by Crippen LogP contribution is 2.05. The van der Waals surface area contributed by atoms with Crippen molar-refractivity contribution in [3.63, 3.8) is 0 Å². The number of Topliss-reactive ketones (excluding diaryl/α,β-unsaturated/α-hetero) is 1. The molecule has 0 N–H and O–H groups in total. The molecule has 0 bridgehead atoms. The van der Waals surface area contributed by atoms with Crippen molar-refractivity contribution in [2.24, 2.45) is 0 Å². The molecule has 14 heavy (non-hydrogen) atoms. The largest absolute Gasteiger partial charge is 0.460 e. The lowest BCUT2D eigenvalue weighted by molar-refractivity contribution is -0.137. The molecule has 0 aromatic heterocycles. The molecular weight excluding hydrogens is 187 g/mol. The molecule has 0 radical (unpaired) electrons. The first-order valence-corrected chi connectivity index (χ1v) is 4.12. The van der Waals surface area contributed by atoms with E-state index in [9.17, 15) is 14.0 Å². The van der Waals surface area contributed by atoms with Gasteiger partial charge in [0, 0.05) is 5.56 Å². The van der Waals surface area contributed by atoms with Gasteiger partial charge in [-0.2, -0.15) is 0 Å². The van der Waals surface area contributed by atoms with Crippen molar-refractivity contribution < 1.29 is 18.7 Å². The number of ether oxygens (including phenoxy) is 1. The average Bonchev–Trinajstić information content (AvgIpc) is 2.17. The van der Waals surface area contributed by atoms with Crippen LogP contribution in [0.4, 0.5) is 4.39 Å². The molecule has 0 amide bonds. The lowest BCUT2D eigenvalue weighted by atomic mass is 10.1. The smallest absolute Gasteiger partial charge is 0.379 e. The third kappa shape index (κ3) is 2.39. The highest BCUT2D eigenvalue weighted by Gasteiger charge is 2.17. The van der Waals surface area contributed by atoms with Crippen LogP contribution in [-0.4, -0.2) is 18.4 Å². The van der Waals surface area contributed by atoms with Crippen LogP contribution in [0.1, 0.15) is 17.3 Å². The van der Waals surface area contributed by atoms with Crippen LogP contribution in [-0.2, 0) is 9.53 Å². The van der Waals surface area contributed by atoms with Gasteiger partial charge in [0.05, 0.1) is 6.61 Å². The molecule has 4 heteroatoms. The molecule has 0 spiro atoms. The van der Waals surface area contributed by atoms with E-state index in [1.165, 1.54) is 18.2 Å². The van der Waals surface area contributed by atoms with E-state index >= 15 is 0 Å². The number of hydrogen-bond acceptors (Lipinski definition) is 3. The average molecular weight is 196 g/mol. The summed E-state index contributed by atoms with van der Waals surface area (Å²) in [6, 6.07) is 4.92. The van der Waals surface area contributed by atoms with Crippen molar-refractivity contribution >= 4 is 11.8 Å². The number of esters is 1. The fourth-order valence-corrected chi connectivity index (χ4v) is 0.944. The van der Waals surface area contributed by atoms with E-state index in [1.54, 1.807) is 6.92 Å². The zero-order chi connectivity index (χ0) is 10.6. The maximum Gasteiger partial charge on any atom is 0.379 e. The van der Waals surface area contributed by atoms with Crippen LogP contribution in [0, 0.1) is 5.82 Å². The normalized spacial score (nSPS) is 9.57. The van der Waals surface area contributed by atoms with Gasteiger partial charge < -0.3 is 4.74 Å². The van der Waals surface area contributed by atoms with E-state index in [1.807, 2.05) is 0 Å². The van der Waals surface area contributed by atoms with Crippen molar-refractivity contribution in [2.75, 3.05) is 6.61 Å². The van der Waals surface area contributed by atoms with Gasteiger partial charge in [-0.1, -0.05) is 12.1 Å². The summed E-state index contributed by atoms with van der Waals surface area (Å²) >= 11 is 0. The van der Waals surface area contributed by atoms with Gasteiger partial charge in [0.1, 0.15) is 5.82 Å². The third-order valence-electron chi connectivity index (χ3n) is 1.55. The van der Waals surface area contributed by atoms with Gasteiger partial charge in [-0.05, 0) is 19.1 Å². The Bertz CT molecular complexity index is 360. The third-order valence-corrected chi connectivity index (χ3v) is 1.55. The molecule has 0 unspecified atom stereocenters. The molecule has 1 rings (SSSR count). The summed E-state index contributed by atoms with van der Waals surface area (Å²) in [5.74, 6) is -2.34. The first-order valence-electron chi connectivity index (χ1n) is 4.12. The summed E-state index contributed by atoms with van der Waals surface area (Å²) in [6.07, 6.45) is 0. The predicted molar refractivity (Wildman–Crippen MR) is 47.4 cm³/mol. The van der Waals surface area contributed by atoms with Gasteiger partial charge >= 0.3 is 5.97 Å². The van der Waals surface area contributed by atoms with E-state index in [4.69, 9.17) is 0 Å². The minimum atomic E-state index is -0.960. The standard InChI is InChI=1S/C10H9FO3/c1-2-14-10(13)9(12)7-4-3-5-8(11)6-7/h3-6H,2H2,1H3. The molecule has 0 aliphatic heterocycles. The fraction of sp³-hybridized carbons (Fsp3) is 0.200. The second kappa shape index (κ2) is 4.50. The monoisotopic (exact) mass is 196 g/mol. The quantitative estimate of drug-likeness (QED) is 0.418. The van der Waals surface area contributed by atoms with Crippen LogP contribution in [0.5, 0.6) is 0 Å². The summed E-state index contributed by atoms with van der Waals surface area (Å²) in [7, 11) is 0. The summed E-state index contributed by atoms with van der Waals surface area (Å²) in [5, 5.41) is 0. The molecule has 0 heterocycles. The van der Waals surface area contributed by atoms with Crippen molar-refractivity contribution in [1.82, 2.24) is 0 Å². The minimum Gasteiger partial charge on any atom is -0.460 e. The Morgan fingerprint density at radius 2 is 2.14 bits per heavy atom. The van der Waals surface area contributed by atoms with Crippen molar-refractivity contribution in [1.29, 1.82) is 0 Å². The number of rotatable bonds is 3. The summed E-state index contributed by atoms with van der Waals surface area (Å²) in [6.45, 7) is 1.72. The predicted octanol–water partition coefficient (Wildman–Crippen LogP) is 1.57. The lowest BCUT2D eigenvalue weighted by Gasteiger charge is -2.00. The second-order valence-corrected chi connectivity index (χ2v) is 2.56. The Balaban J connectivity index is 2.84. The van der Waals surface area contributed by atoms with Crippen molar-refractivity contribution in [3.8, 4) is 0 Å². The number of benzene rings is 1. The van der Waals surface area contributed by atoms with Gasteiger partial charge in [-0.3, -0.25) is 4.79 Å². The number of carbonyl (C=O) groups is 2. The van der Waals surface area contributed by atoms with Crippen LogP contribution >= 0.6 is 0 Å². The van der Waals surface area contributed by atoms with Crippen LogP contribution in [0.2, 0.25) is 0 Å². The van der Waals surface area contributed by atoms with E-state index < -0.39 is 17.6 Å². The molecule has 3 nitrogen and oxygen atoms in total. The lowest BCUT2D eigenvalue weighted by Crippen LogP contribution is -2.17. The summed E-state index contributed by atoms with van der Waals surface area (Å²) in [5.41, 5.74) is 0.00319. The van der Waals surface area contributed by atoms with Crippen molar-refractivity contribution in [2.45, 2.75) is 6.92 Å². The number of ketones is 1. The highest BCUT2D eigenvalue weighted by molar-refractivity contribution is 6.40. The SMILES string of the molecule is CCOC(=O)C(=O)c1cccc(F)c1. The van der Waals surface area contributed by atoms with Crippen LogP contribution in [0.15, 0.2) is 24.3 Å². The second-order valence-electron chi connectivity index (χ2n) is 2.56. The molecular formula is C10H9FO3. The zero-order valence-electron chi connectivity index (χ0n) is 7.62. The molecule has 74 valence electrons. The van der Waals surface area contributed by atoms with Gasteiger partial charge in [-0.15, -0.1) is 0 Å². The van der Waals surface area contributed by atoms with Crippen molar-refractivity contribution in [3.05, 3.63) is 35.6 Å². The van der Waals surface area contributed by atoms with Gasteiger partial charge in [0.25, 0.3) is 5.78 Å². The Kier molecular flexibility index (Phi) is 3.34. The molecule has 0 atom stereocenters. The maximum absolute atomic E-state index is 12.7. The summed E-state index contributed by atoms with van der Waals surface area (Å²) in [4.78, 5) is 22.2. The number of hydrogen-bond donors (Lipinski definition) is 0. The number of carbonyl (C=O) groups excluding carboxylic acids is 2. The maximum atomic E-state index is 12.7. The van der Waals surface area contributed by atoms with E-state index in [0.717, 1.165) is 6.07 Å².